The number of benzene rings is 1. The largest absolute Gasteiger partial charge is 0.394 e. The maximum absolute atomic E-state index is 12.5. The van der Waals surface area contributed by atoms with Crippen LogP contribution < -0.4 is 5.73 Å². The maximum Gasteiger partial charge on any atom is 0.389 e. The summed E-state index contributed by atoms with van der Waals surface area (Å²) in [5, 5.41) is 9.80. The number of aromatic nitrogens is 4. The van der Waals surface area contributed by atoms with Crippen molar-refractivity contribution in [3.05, 3.63) is 48.5 Å². The van der Waals surface area contributed by atoms with Crippen LogP contribution in [0.15, 0.2) is 43.0 Å². The van der Waals surface area contributed by atoms with Crippen LogP contribution in [0.1, 0.15) is 11.8 Å². The van der Waals surface area contributed by atoms with E-state index in [1.807, 2.05) is 0 Å². The normalized spacial score (nSPS) is 31.3. The van der Waals surface area contributed by atoms with Gasteiger partial charge in [0.1, 0.15) is 30.2 Å². The molecule has 3 aromatic rings. The lowest BCUT2D eigenvalue weighted by Crippen LogP contribution is -2.33. The van der Waals surface area contributed by atoms with Gasteiger partial charge in [0.2, 0.25) is 0 Å². The Morgan fingerprint density at radius 2 is 1.87 bits per heavy atom. The zero-order chi connectivity index (χ0) is 21.1. The second-order valence-corrected chi connectivity index (χ2v) is 8.66. The van der Waals surface area contributed by atoms with E-state index in [9.17, 15) is 19.5 Å². The molecule has 13 heteroatoms. The predicted octanol–water partition coefficient (Wildman–Crippen LogP) is 0.0704. The van der Waals surface area contributed by atoms with Crippen LogP contribution in [0.4, 0.5) is 5.82 Å². The molecule has 2 aromatic heterocycles. The van der Waals surface area contributed by atoms with Crippen molar-refractivity contribution < 1.29 is 33.7 Å². The Morgan fingerprint density at radius 1 is 1.13 bits per heavy atom. The van der Waals surface area contributed by atoms with Crippen LogP contribution in [0.5, 0.6) is 0 Å². The molecule has 1 aromatic carbocycles. The third kappa shape index (κ3) is 2.70. The highest BCUT2D eigenvalue weighted by Gasteiger charge is 2.66. The Labute approximate surface area is 169 Å². The topological polar surface area (TPSA) is 175 Å². The Kier molecular flexibility index (Phi) is 4.42. The van der Waals surface area contributed by atoms with Gasteiger partial charge in [0, 0.05) is 5.56 Å². The first kappa shape index (κ1) is 19.5. The molecule has 2 aliphatic heterocycles. The Balaban J connectivity index is 1.61. The molecule has 0 aliphatic carbocycles. The SMILES string of the molecule is Nc1ncnc2c1ncn2C1OC(CO)C2OC(c3ccccc3)(P(=O)(O)O)OC21. The quantitative estimate of drug-likeness (QED) is 0.408. The summed E-state index contributed by atoms with van der Waals surface area (Å²) in [6.45, 7) is -0.448. The molecule has 2 fully saturated rings. The number of nitrogens with zero attached hydrogens (tertiary/aromatic N) is 4. The zero-order valence-corrected chi connectivity index (χ0v) is 16.2. The van der Waals surface area contributed by atoms with Gasteiger partial charge in [-0.25, -0.2) is 15.0 Å². The van der Waals surface area contributed by atoms with Gasteiger partial charge in [-0.2, -0.15) is 0 Å². The standard InChI is InChI=1S/C17H18N5O7P/c18-14-11-15(20-7-19-14)22(8-21-11)16-13-12(10(6-23)27-16)28-17(29-13,30(24,25)26)9-4-2-1-3-5-9/h1-5,7-8,10,12-13,16,23H,6H2,(H2,18,19,20)(H2,24,25,26). The number of fused-ring (bicyclic) bond motifs is 2. The summed E-state index contributed by atoms with van der Waals surface area (Å²) in [4.78, 5) is 32.6. The van der Waals surface area contributed by atoms with Gasteiger partial charge < -0.3 is 34.8 Å². The van der Waals surface area contributed by atoms with E-state index < -0.39 is 44.3 Å². The van der Waals surface area contributed by atoms with Gasteiger partial charge in [-0.3, -0.25) is 9.13 Å². The van der Waals surface area contributed by atoms with Crippen LogP contribution in [-0.4, -0.2) is 59.3 Å². The van der Waals surface area contributed by atoms with E-state index in [-0.39, 0.29) is 11.4 Å². The smallest absolute Gasteiger partial charge is 0.389 e. The molecule has 2 aliphatic rings. The van der Waals surface area contributed by atoms with Crippen LogP contribution in [0, 0.1) is 0 Å². The maximum atomic E-state index is 12.5. The number of ether oxygens (including phenoxy) is 3. The van der Waals surface area contributed by atoms with Crippen LogP contribution in [0.25, 0.3) is 11.2 Å². The first-order chi connectivity index (χ1) is 14.4. The van der Waals surface area contributed by atoms with Crippen molar-refractivity contribution in [3.63, 3.8) is 0 Å². The average Bonchev–Trinajstić information content (AvgIpc) is 3.40. The van der Waals surface area contributed by atoms with E-state index >= 15 is 0 Å². The summed E-state index contributed by atoms with van der Waals surface area (Å²) in [6, 6.07) is 7.95. The van der Waals surface area contributed by atoms with Gasteiger partial charge >= 0.3 is 13.1 Å². The minimum absolute atomic E-state index is 0.158. The molecule has 5 atom stereocenters. The number of hydrogen-bond acceptors (Lipinski definition) is 9. The van der Waals surface area contributed by atoms with E-state index in [1.54, 1.807) is 18.2 Å². The fraction of sp³-hybridized carbons (Fsp3) is 0.353. The average molecular weight is 435 g/mol. The lowest BCUT2D eigenvalue weighted by atomic mass is 10.1. The van der Waals surface area contributed by atoms with Crippen LogP contribution in [0.3, 0.4) is 0 Å². The summed E-state index contributed by atoms with van der Waals surface area (Å²) in [5.74, 6) is 0.171. The van der Waals surface area contributed by atoms with Gasteiger partial charge in [-0.15, -0.1) is 0 Å². The number of aliphatic hydroxyl groups is 1. The van der Waals surface area contributed by atoms with E-state index in [0.717, 1.165) is 0 Å². The second-order valence-electron chi connectivity index (χ2n) is 6.99. The second kappa shape index (κ2) is 6.79. The fourth-order valence-electron chi connectivity index (χ4n) is 3.89. The lowest BCUT2D eigenvalue weighted by Gasteiger charge is -2.31. The van der Waals surface area contributed by atoms with Gasteiger partial charge in [0.25, 0.3) is 0 Å². The van der Waals surface area contributed by atoms with Crippen molar-refractivity contribution in [3.8, 4) is 0 Å². The highest BCUT2D eigenvalue weighted by Crippen LogP contribution is 2.64. The summed E-state index contributed by atoms with van der Waals surface area (Å²) in [5.41, 5.74) is 4.36. The Morgan fingerprint density at radius 3 is 2.57 bits per heavy atom. The van der Waals surface area contributed by atoms with E-state index in [4.69, 9.17) is 19.9 Å². The molecule has 5 N–H and O–H groups in total. The first-order valence-electron chi connectivity index (χ1n) is 9.02. The molecule has 2 saturated heterocycles. The van der Waals surface area contributed by atoms with Crippen molar-refractivity contribution in [1.82, 2.24) is 19.5 Å². The third-order valence-electron chi connectivity index (χ3n) is 5.24. The molecule has 4 heterocycles. The monoisotopic (exact) mass is 435 g/mol. The van der Waals surface area contributed by atoms with Crippen LogP contribution in [-0.2, 0) is 24.3 Å². The molecule has 0 amide bonds. The number of nitrogens with two attached hydrogens (primary N) is 1. The molecule has 5 rings (SSSR count). The molecule has 158 valence electrons. The molecule has 0 spiro atoms. The number of hydrogen-bond donors (Lipinski definition) is 4. The van der Waals surface area contributed by atoms with Crippen molar-refractivity contribution in [1.29, 1.82) is 0 Å². The molecule has 12 nitrogen and oxygen atoms in total. The lowest BCUT2D eigenvalue weighted by molar-refractivity contribution is -0.188. The first-order valence-corrected chi connectivity index (χ1v) is 10.6. The number of anilines is 1. The summed E-state index contributed by atoms with van der Waals surface area (Å²) in [7, 11) is -4.97. The molecular formula is C17H18N5O7P. The summed E-state index contributed by atoms with van der Waals surface area (Å²) >= 11 is 0. The van der Waals surface area contributed by atoms with Crippen molar-refractivity contribution >= 4 is 24.6 Å². The summed E-state index contributed by atoms with van der Waals surface area (Å²) < 4.78 is 31.7. The highest BCUT2D eigenvalue weighted by molar-refractivity contribution is 7.52. The number of imidazole rings is 1. The van der Waals surface area contributed by atoms with E-state index in [0.29, 0.717) is 11.2 Å². The van der Waals surface area contributed by atoms with Crippen molar-refractivity contribution in [2.45, 2.75) is 30.1 Å². The predicted molar refractivity (Wildman–Crippen MR) is 101 cm³/mol. The van der Waals surface area contributed by atoms with E-state index in [1.165, 1.54) is 29.4 Å². The number of aliphatic hydroxyl groups excluding tert-OH is 1. The molecule has 5 unspecified atom stereocenters. The van der Waals surface area contributed by atoms with Gasteiger partial charge in [0.05, 0.1) is 12.9 Å². The van der Waals surface area contributed by atoms with E-state index in [2.05, 4.69) is 15.0 Å². The molecule has 0 bridgehead atoms. The molecular weight excluding hydrogens is 417 g/mol. The van der Waals surface area contributed by atoms with Crippen LogP contribution >= 0.6 is 7.60 Å². The zero-order valence-electron chi connectivity index (χ0n) is 15.3. The fourth-order valence-corrected chi connectivity index (χ4v) is 4.89. The van der Waals surface area contributed by atoms with Crippen molar-refractivity contribution in [2.75, 3.05) is 12.3 Å². The van der Waals surface area contributed by atoms with Crippen LogP contribution in [0.2, 0.25) is 0 Å². The Hall–Kier alpha value is -2.44. The third-order valence-corrected chi connectivity index (χ3v) is 6.48. The van der Waals surface area contributed by atoms with Gasteiger partial charge in [-0.05, 0) is 0 Å². The van der Waals surface area contributed by atoms with Gasteiger partial charge in [-0.1, -0.05) is 30.3 Å². The molecule has 0 radical (unpaired) electrons. The number of nitrogen functional groups attached to an aromatic ring is 1. The molecule has 30 heavy (non-hydrogen) atoms. The Bertz CT molecular complexity index is 1140. The van der Waals surface area contributed by atoms with Gasteiger partial charge in [0.15, 0.2) is 17.7 Å². The minimum Gasteiger partial charge on any atom is -0.394 e. The number of rotatable bonds is 4. The van der Waals surface area contributed by atoms with Crippen molar-refractivity contribution in [2.24, 2.45) is 0 Å². The highest BCUT2D eigenvalue weighted by atomic mass is 31.2. The minimum atomic E-state index is -4.97. The summed E-state index contributed by atoms with van der Waals surface area (Å²) in [6.07, 6.45) is -1.06. The molecule has 0 saturated carbocycles.